The van der Waals surface area contributed by atoms with Crippen LogP contribution in [0.15, 0.2) is 23.8 Å². The number of ketones is 3. The molecule has 0 aromatic rings. The van der Waals surface area contributed by atoms with Crippen LogP contribution in [-0.2, 0) is 33.4 Å². The number of carbonyl (C=O) groups excluding carboxylic acids is 5. The van der Waals surface area contributed by atoms with Gasteiger partial charge in [-0.15, -0.1) is 0 Å². The van der Waals surface area contributed by atoms with Gasteiger partial charge in [-0.3, -0.25) is 19.2 Å². The zero-order valence-electron chi connectivity index (χ0n) is 23.0. The molecule has 0 N–H and O–H groups in total. The van der Waals surface area contributed by atoms with Crippen molar-refractivity contribution in [1.29, 1.82) is 0 Å². The molecule has 0 aromatic heterocycles. The quantitative estimate of drug-likeness (QED) is 0.381. The van der Waals surface area contributed by atoms with Crippen LogP contribution in [0.3, 0.4) is 0 Å². The highest BCUT2D eigenvalue weighted by Crippen LogP contribution is 2.67. The van der Waals surface area contributed by atoms with Crippen LogP contribution in [0.1, 0.15) is 85.5 Å². The lowest BCUT2D eigenvalue weighted by Crippen LogP contribution is -2.62. The number of hydrogen-bond acceptors (Lipinski definition) is 8. The van der Waals surface area contributed by atoms with E-state index in [9.17, 15) is 24.0 Å². The summed E-state index contributed by atoms with van der Waals surface area (Å²) in [7, 11) is 0. The minimum atomic E-state index is -1.62. The van der Waals surface area contributed by atoms with E-state index in [0.717, 1.165) is 18.4 Å². The van der Waals surface area contributed by atoms with E-state index in [1.54, 1.807) is 12.2 Å². The molecule has 0 aromatic carbocycles. The summed E-state index contributed by atoms with van der Waals surface area (Å²) < 4.78 is 16.4. The molecule has 4 aliphatic carbocycles. The number of hydrogen-bond donors (Lipinski definition) is 0. The fourth-order valence-electron chi connectivity index (χ4n) is 7.71. The average Bonchev–Trinajstić information content (AvgIpc) is 3.17. The predicted octanol–water partition coefficient (Wildman–Crippen LogP) is 5.08. The summed E-state index contributed by atoms with van der Waals surface area (Å²) in [5.41, 5.74) is -2.14. The topological polar surface area (TPSA) is 113 Å². The van der Waals surface area contributed by atoms with Crippen LogP contribution in [0.4, 0.5) is 4.79 Å². The Kier molecular flexibility index (Phi) is 8.01. The van der Waals surface area contributed by atoms with Crippen molar-refractivity contribution in [3.8, 4) is 0 Å². The van der Waals surface area contributed by atoms with E-state index in [4.69, 9.17) is 14.2 Å². The van der Waals surface area contributed by atoms with Gasteiger partial charge in [-0.05, 0) is 62.5 Å². The molecule has 0 bridgehead atoms. The number of rotatable bonds is 9. The van der Waals surface area contributed by atoms with Crippen molar-refractivity contribution in [1.82, 2.24) is 0 Å². The van der Waals surface area contributed by atoms with E-state index in [-0.39, 0.29) is 55.2 Å². The standard InChI is InChI=1S/C30H40O8/c1-5-7-8-25(34)37-18-24(33)30(38-27(35)36-15-6-2)14-12-22-21-10-9-19-16-20(31)11-13-28(19,3)26(21)23(32)17-29(22,30)4/h11,13,16,21-22,26H,5-10,12,14-15,17-18H2,1-4H3/t21-,22-,26+,28-,29-,30-/m0/s1. The number of unbranched alkanes of at least 4 members (excludes halogenated alkanes) is 1. The summed E-state index contributed by atoms with van der Waals surface area (Å²) in [4.78, 5) is 64.8. The van der Waals surface area contributed by atoms with Gasteiger partial charge in [0.2, 0.25) is 5.78 Å². The lowest BCUT2D eigenvalue weighted by molar-refractivity contribution is -0.176. The highest BCUT2D eigenvalue weighted by molar-refractivity contribution is 6.02. The normalized spacial score (nSPS) is 35.5. The summed E-state index contributed by atoms with van der Waals surface area (Å²) in [6, 6.07) is 0. The SMILES string of the molecule is CCCCC(=O)OCC(=O)[C@@]1(OC(=O)OCCC)CC[C@H]2[C@@H]3CCC4=CC(=O)C=C[C@]4(C)[C@H]3C(=O)C[C@@]21C. The zero-order chi connectivity index (χ0) is 27.7. The summed E-state index contributed by atoms with van der Waals surface area (Å²) >= 11 is 0. The highest BCUT2D eigenvalue weighted by atomic mass is 16.7. The van der Waals surface area contributed by atoms with E-state index in [1.807, 2.05) is 33.8 Å². The Hall–Kier alpha value is -2.77. The third kappa shape index (κ3) is 4.64. The molecule has 4 aliphatic rings. The lowest BCUT2D eigenvalue weighted by Gasteiger charge is -2.57. The summed E-state index contributed by atoms with van der Waals surface area (Å²) in [5.74, 6) is -1.42. The Labute approximate surface area is 224 Å². The minimum absolute atomic E-state index is 0.00499. The molecular weight excluding hydrogens is 488 g/mol. The van der Waals surface area contributed by atoms with Crippen LogP contribution in [0.5, 0.6) is 0 Å². The van der Waals surface area contributed by atoms with E-state index in [1.165, 1.54) is 0 Å². The molecule has 0 radical (unpaired) electrons. The number of esters is 1. The van der Waals surface area contributed by atoms with Gasteiger partial charge in [0.25, 0.3) is 0 Å². The molecule has 4 rings (SSSR count). The third-order valence-electron chi connectivity index (χ3n) is 9.61. The van der Waals surface area contributed by atoms with Crippen LogP contribution in [0.2, 0.25) is 0 Å². The predicted molar refractivity (Wildman–Crippen MR) is 138 cm³/mol. The van der Waals surface area contributed by atoms with Crippen molar-refractivity contribution in [3.05, 3.63) is 23.8 Å². The molecule has 0 spiro atoms. The molecule has 6 atom stereocenters. The monoisotopic (exact) mass is 528 g/mol. The van der Waals surface area contributed by atoms with Crippen molar-refractivity contribution in [2.45, 2.75) is 91.1 Å². The second-order valence-electron chi connectivity index (χ2n) is 11.8. The summed E-state index contributed by atoms with van der Waals surface area (Å²) in [6.07, 6.45) is 8.75. The van der Waals surface area contributed by atoms with E-state index in [0.29, 0.717) is 25.7 Å². The maximum Gasteiger partial charge on any atom is 0.509 e. The van der Waals surface area contributed by atoms with Crippen molar-refractivity contribution >= 4 is 29.5 Å². The Morgan fingerprint density at radius 1 is 1.05 bits per heavy atom. The fourth-order valence-corrected chi connectivity index (χ4v) is 7.71. The Balaban J connectivity index is 1.66. The minimum Gasteiger partial charge on any atom is -0.457 e. The lowest BCUT2D eigenvalue weighted by atomic mass is 9.46. The maximum absolute atomic E-state index is 14.0. The molecule has 8 heteroatoms. The Bertz CT molecular complexity index is 1070. The van der Waals surface area contributed by atoms with E-state index in [2.05, 4.69) is 0 Å². The zero-order valence-corrected chi connectivity index (χ0v) is 23.0. The number of allylic oxidation sites excluding steroid dienone is 4. The van der Waals surface area contributed by atoms with Gasteiger partial charge in [-0.25, -0.2) is 4.79 Å². The molecule has 8 nitrogen and oxygen atoms in total. The molecular formula is C30H40O8. The van der Waals surface area contributed by atoms with Crippen molar-refractivity contribution in [3.63, 3.8) is 0 Å². The second-order valence-corrected chi connectivity index (χ2v) is 11.8. The van der Waals surface area contributed by atoms with Gasteiger partial charge in [-0.1, -0.05) is 45.8 Å². The molecule has 0 amide bonds. The van der Waals surface area contributed by atoms with Gasteiger partial charge in [0.15, 0.2) is 18.0 Å². The highest BCUT2D eigenvalue weighted by Gasteiger charge is 2.70. The first-order valence-electron chi connectivity index (χ1n) is 14.0. The molecule has 0 aliphatic heterocycles. The van der Waals surface area contributed by atoms with Gasteiger partial charge in [-0.2, -0.15) is 0 Å². The molecule has 0 saturated heterocycles. The molecule has 38 heavy (non-hydrogen) atoms. The first kappa shape index (κ1) is 28.2. The summed E-state index contributed by atoms with van der Waals surface area (Å²) in [6.45, 7) is 7.36. The first-order chi connectivity index (χ1) is 18.0. The number of fused-ring (bicyclic) bond motifs is 5. The largest absolute Gasteiger partial charge is 0.509 e. The van der Waals surface area contributed by atoms with Gasteiger partial charge < -0.3 is 14.2 Å². The number of Topliss-reactive ketones (excluding diaryl/α,β-unsaturated/α-hetero) is 2. The Morgan fingerprint density at radius 2 is 1.82 bits per heavy atom. The fraction of sp³-hybridized carbons (Fsp3) is 0.700. The van der Waals surface area contributed by atoms with Crippen molar-refractivity contribution in [2.75, 3.05) is 13.2 Å². The van der Waals surface area contributed by atoms with Gasteiger partial charge in [0.1, 0.15) is 5.78 Å². The molecule has 3 saturated carbocycles. The maximum atomic E-state index is 14.0. The van der Waals surface area contributed by atoms with Gasteiger partial charge >= 0.3 is 12.1 Å². The van der Waals surface area contributed by atoms with Gasteiger partial charge in [0, 0.05) is 29.6 Å². The van der Waals surface area contributed by atoms with Crippen LogP contribution >= 0.6 is 0 Å². The van der Waals surface area contributed by atoms with E-state index < -0.39 is 40.9 Å². The molecule has 208 valence electrons. The van der Waals surface area contributed by atoms with Crippen LogP contribution in [0.25, 0.3) is 0 Å². The van der Waals surface area contributed by atoms with Crippen LogP contribution in [0, 0.1) is 28.6 Å². The van der Waals surface area contributed by atoms with Crippen LogP contribution in [-0.4, -0.2) is 48.3 Å². The van der Waals surface area contributed by atoms with Crippen molar-refractivity contribution < 1.29 is 38.2 Å². The average molecular weight is 529 g/mol. The molecule has 0 heterocycles. The number of ether oxygens (including phenoxy) is 3. The first-order valence-corrected chi connectivity index (χ1v) is 14.0. The smallest absolute Gasteiger partial charge is 0.457 e. The summed E-state index contributed by atoms with van der Waals surface area (Å²) in [5, 5.41) is 0. The molecule has 3 fully saturated rings. The molecule has 0 unspecified atom stereocenters. The van der Waals surface area contributed by atoms with Crippen LogP contribution < -0.4 is 0 Å². The Morgan fingerprint density at radius 3 is 2.53 bits per heavy atom. The van der Waals surface area contributed by atoms with E-state index >= 15 is 0 Å². The van der Waals surface area contributed by atoms with Gasteiger partial charge in [0.05, 0.1) is 6.61 Å². The second kappa shape index (κ2) is 10.8. The number of carbonyl (C=O) groups is 5. The van der Waals surface area contributed by atoms with Crippen molar-refractivity contribution in [2.24, 2.45) is 28.6 Å². The third-order valence-corrected chi connectivity index (χ3v) is 9.61.